The van der Waals surface area contributed by atoms with Gasteiger partial charge in [-0.2, -0.15) is 26.3 Å². The zero-order chi connectivity index (χ0) is 21.5. The highest BCUT2D eigenvalue weighted by atomic mass is 19.4. The lowest BCUT2D eigenvalue weighted by Gasteiger charge is -2.17. The number of hydrogen-bond donors (Lipinski definition) is 1. The highest BCUT2D eigenvalue weighted by molar-refractivity contribution is 5.65. The minimum absolute atomic E-state index is 0.0244. The van der Waals surface area contributed by atoms with Crippen molar-refractivity contribution >= 4 is 0 Å². The van der Waals surface area contributed by atoms with Crippen LogP contribution in [0.2, 0.25) is 0 Å². The molecule has 1 N–H and O–H groups in total. The first-order valence-electron chi connectivity index (χ1n) is 9.32. The molecule has 9 heteroatoms. The van der Waals surface area contributed by atoms with E-state index in [0.717, 1.165) is 18.6 Å². The number of halogens is 6. The van der Waals surface area contributed by atoms with E-state index in [0.29, 0.717) is 13.0 Å². The van der Waals surface area contributed by atoms with Crippen LogP contribution < -0.4 is 5.32 Å². The summed E-state index contributed by atoms with van der Waals surface area (Å²) in [5.41, 5.74) is -2.13. The van der Waals surface area contributed by atoms with E-state index < -0.39 is 23.5 Å². The molecule has 2 aromatic carbocycles. The number of para-hydroxylation sites is 1. The quantitative estimate of drug-likeness (QED) is 0.522. The Morgan fingerprint density at radius 2 is 1.50 bits per heavy atom. The maximum atomic E-state index is 13.6. The largest absolute Gasteiger partial charge is 0.418 e. The SMILES string of the molecule is FC(F)(F)c1ccccc1-c1cn(-c2ccccc2C(F)(F)F)c(C2CCCN2)n1. The summed E-state index contributed by atoms with van der Waals surface area (Å²) in [6.07, 6.45) is -6.55. The van der Waals surface area contributed by atoms with Crippen LogP contribution in [0.4, 0.5) is 26.3 Å². The van der Waals surface area contributed by atoms with Crippen molar-refractivity contribution in [3.05, 3.63) is 71.7 Å². The smallest absolute Gasteiger partial charge is 0.307 e. The van der Waals surface area contributed by atoms with Crippen LogP contribution in [0.1, 0.15) is 35.8 Å². The molecule has 0 amide bonds. The third-order valence-corrected chi connectivity index (χ3v) is 5.08. The van der Waals surface area contributed by atoms with E-state index in [2.05, 4.69) is 10.3 Å². The van der Waals surface area contributed by atoms with Crippen molar-refractivity contribution in [2.45, 2.75) is 31.2 Å². The maximum absolute atomic E-state index is 13.6. The molecule has 3 aromatic rings. The average Bonchev–Trinajstić information content (AvgIpc) is 3.36. The van der Waals surface area contributed by atoms with Crippen molar-refractivity contribution in [2.75, 3.05) is 6.54 Å². The van der Waals surface area contributed by atoms with Crippen molar-refractivity contribution in [1.82, 2.24) is 14.9 Å². The summed E-state index contributed by atoms with van der Waals surface area (Å²) in [4.78, 5) is 4.37. The molecule has 1 atom stereocenters. The summed E-state index contributed by atoms with van der Waals surface area (Å²) in [5, 5.41) is 3.16. The lowest BCUT2D eigenvalue weighted by molar-refractivity contribution is -0.138. The average molecular weight is 425 g/mol. The molecule has 30 heavy (non-hydrogen) atoms. The van der Waals surface area contributed by atoms with Crippen molar-refractivity contribution in [1.29, 1.82) is 0 Å². The second kappa shape index (κ2) is 7.46. The van der Waals surface area contributed by atoms with Gasteiger partial charge in [0.1, 0.15) is 5.82 Å². The van der Waals surface area contributed by atoms with E-state index in [1.807, 2.05) is 0 Å². The van der Waals surface area contributed by atoms with Crippen molar-refractivity contribution in [3.63, 3.8) is 0 Å². The van der Waals surface area contributed by atoms with E-state index in [-0.39, 0.29) is 28.8 Å². The minimum Gasteiger partial charge on any atom is -0.307 e. The Bertz CT molecular complexity index is 1050. The molecule has 158 valence electrons. The van der Waals surface area contributed by atoms with Crippen LogP contribution in [-0.2, 0) is 12.4 Å². The number of nitrogens with one attached hydrogen (secondary N) is 1. The number of rotatable bonds is 3. The van der Waals surface area contributed by atoms with Gasteiger partial charge in [-0.1, -0.05) is 30.3 Å². The van der Waals surface area contributed by atoms with Crippen molar-refractivity contribution < 1.29 is 26.3 Å². The maximum Gasteiger partial charge on any atom is 0.418 e. The summed E-state index contributed by atoms with van der Waals surface area (Å²) in [6.45, 7) is 0.660. The van der Waals surface area contributed by atoms with Gasteiger partial charge < -0.3 is 9.88 Å². The van der Waals surface area contributed by atoms with Crippen LogP contribution >= 0.6 is 0 Å². The normalized spacial score (nSPS) is 17.5. The van der Waals surface area contributed by atoms with Crippen molar-refractivity contribution in [2.24, 2.45) is 0 Å². The predicted octanol–water partition coefficient (Wildman–Crippen LogP) is 6.00. The van der Waals surface area contributed by atoms with E-state index in [9.17, 15) is 26.3 Å². The zero-order valence-corrected chi connectivity index (χ0v) is 15.6. The summed E-state index contributed by atoms with van der Waals surface area (Å²) in [6, 6.07) is 9.55. The Labute approximate surface area is 168 Å². The van der Waals surface area contributed by atoms with Gasteiger partial charge in [-0.3, -0.25) is 0 Å². The zero-order valence-electron chi connectivity index (χ0n) is 15.6. The number of nitrogens with zero attached hydrogens (tertiary/aromatic N) is 2. The first-order valence-corrected chi connectivity index (χ1v) is 9.32. The Hall–Kier alpha value is -2.81. The molecule has 0 spiro atoms. The molecule has 1 unspecified atom stereocenters. The van der Waals surface area contributed by atoms with Crippen LogP contribution in [-0.4, -0.2) is 16.1 Å². The molecule has 4 rings (SSSR count). The van der Waals surface area contributed by atoms with Gasteiger partial charge in [0.25, 0.3) is 0 Å². The second-order valence-electron chi connectivity index (χ2n) is 7.06. The Morgan fingerprint density at radius 1 is 0.867 bits per heavy atom. The van der Waals surface area contributed by atoms with Crippen LogP contribution in [0.5, 0.6) is 0 Å². The van der Waals surface area contributed by atoms with E-state index >= 15 is 0 Å². The molecule has 0 radical (unpaired) electrons. The summed E-state index contributed by atoms with van der Waals surface area (Å²) >= 11 is 0. The van der Waals surface area contributed by atoms with Gasteiger partial charge >= 0.3 is 12.4 Å². The Morgan fingerprint density at radius 3 is 2.13 bits per heavy atom. The van der Waals surface area contributed by atoms with Gasteiger partial charge in [-0.05, 0) is 37.6 Å². The molecule has 0 saturated carbocycles. The Kier molecular flexibility index (Phi) is 5.09. The molecule has 3 nitrogen and oxygen atoms in total. The molecule has 1 fully saturated rings. The fourth-order valence-electron chi connectivity index (χ4n) is 3.75. The van der Waals surface area contributed by atoms with Gasteiger partial charge in [-0.25, -0.2) is 4.98 Å². The highest BCUT2D eigenvalue weighted by Gasteiger charge is 2.37. The molecule has 1 aliphatic heterocycles. The van der Waals surface area contributed by atoms with Crippen molar-refractivity contribution in [3.8, 4) is 16.9 Å². The van der Waals surface area contributed by atoms with Gasteiger partial charge in [0, 0.05) is 11.8 Å². The molecule has 1 saturated heterocycles. The number of hydrogen-bond acceptors (Lipinski definition) is 2. The van der Waals surface area contributed by atoms with E-state index in [1.165, 1.54) is 47.2 Å². The summed E-state index contributed by atoms with van der Waals surface area (Å²) in [5.74, 6) is 0.260. The first kappa shape index (κ1) is 20.5. The fourth-order valence-corrected chi connectivity index (χ4v) is 3.75. The second-order valence-corrected chi connectivity index (χ2v) is 7.06. The van der Waals surface area contributed by atoms with Crippen LogP contribution in [0, 0.1) is 0 Å². The van der Waals surface area contributed by atoms with Crippen LogP contribution in [0.3, 0.4) is 0 Å². The highest BCUT2D eigenvalue weighted by Crippen LogP contribution is 2.39. The summed E-state index contributed by atoms with van der Waals surface area (Å²) < 4.78 is 82.5. The van der Waals surface area contributed by atoms with Crippen LogP contribution in [0.25, 0.3) is 16.9 Å². The molecular weight excluding hydrogens is 408 g/mol. The molecule has 2 heterocycles. The molecule has 1 aliphatic rings. The third-order valence-electron chi connectivity index (χ3n) is 5.08. The predicted molar refractivity (Wildman–Crippen MR) is 99.0 cm³/mol. The van der Waals surface area contributed by atoms with Gasteiger partial charge in [0.05, 0.1) is 28.6 Å². The number of aromatic nitrogens is 2. The monoisotopic (exact) mass is 425 g/mol. The molecule has 0 aliphatic carbocycles. The van der Waals surface area contributed by atoms with Gasteiger partial charge in [-0.15, -0.1) is 0 Å². The first-order chi connectivity index (χ1) is 14.2. The lowest BCUT2D eigenvalue weighted by Crippen LogP contribution is -2.19. The standard InChI is InChI=1S/C21H17F6N3/c22-20(23,24)14-7-2-1-6-13(14)17-12-30(19(29-17)16-9-5-11-28-16)18-10-4-3-8-15(18)21(25,26)27/h1-4,6-8,10,12,16,28H,5,9,11H2. The summed E-state index contributed by atoms with van der Waals surface area (Å²) in [7, 11) is 0. The van der Waals surface area contributed by atoms with Gasteiger partial charge in [0.2, 0.25) is 0 Å². The molecular formula is C21H17F6N3. The number of benzene rings is 2. The Balaban J connectivity index is 1.93. The number of alkyl halides is 6. The topological polar surface area (TPSA) is 29.9 Å². The van der Waals surface area contributed by atoms with Crippen LogP contribution in [0.15, 0.2) is 54.7 Å². The molecule has 0 bridgehead atoms. The number of imidazole rings is 1. The lowest BCUT2D eigenvalue weighted by atomic mass is 10.0. The van der Waals surface area contributed by atoms with E-state index in [1.54, 1.807) is 0 Å². The third kappa shape index (κ3) is 3.81. The van der Waals surface area contributed by atoms with Gasteiger partial charge in [0.15, 0.2) is 0 Å². The molecule has 1 aromatic heterocycles. The minimum atomic E-state index is -4.62. The fraction of sp³-hybridized carbons (Fsp3) is 0.286. The van der Waals surface area contributed by atoms with E-state index in [4.69, 9.17) is 0 Å².